The molecule has 7 heteroatoms. The molecule has 0 unspecified atom stereocenters. The van der Waals surface area contributed by atoms with Gasteiger partial charge in [-0.05, 0) is 30.3 Å². The predicted molar refractivity (Wildman–Crippen MR) is 90.8 cm³/mol. The van der Waals surface area contributed by atoms with Crippen LogP contribution in [0, 0.1) is 0 Å². The van der Waals surface area contributed by atoms with Gasteiger partial charge in [-0.1, -0.05) is 12.1 Å². The highest BCUT2D eigenvalue weighted by Crippen LogP contribution is 2.21. The minimum Gasteiger partial charge on any atom is -0.427 e. The zero-order chi connectivity index (χ0) is 17.7. The second kappa shape index (κ2) is 7.28. The molecule has 2 aromatic carbocycles. The van der Waals surface area contributed by atoms with Crippen LogP contribution in [0.4, 0.5) is 21.9 Å². The van der Waals surface area contributed by atoms with E-state index in [0.29, 0.717) is 22.8 Å². The molecule has 0 radical (unpaired) electrons. The normalized spacial score (nSPS) is 9.92. The van der Waals surface area contributed by atoms with E-state index in [0.717, 1.165) is 4.90 Å². The zero-order valence-electron chi connectivity index (χ0n) is 13.3. The Kier molecular flexibility index (Phi) is 5.16. The largest absolute Gasteiger partial charge is 0.427 e. The molecule has 3 N–H and O–H groups in total. The summed E-state index contributed by atoms with van der Waals surface area (Å²) >= 11 is 0. The summed E-state index contributed by atoms with van der Waals surface area (Å²) in [4.78, 5) is 36.3. The van der Waals surface area contributed by atoms with E-state index in [-0.39, 0.29) is 0 Å². The van der Waals surface area contributed by atoms with Crippen LogP contribution in [0.15, 0.2) is 48.5 Å². The summed E-state index contributed by atoms with van der Waals surface area (Å²) in [5.74, 6) is -0.642. The quantitative estimate of drug-likeness (QED) is 0.513. The van der Waals surface area contributed by atoms with Gasteiger partial charge in [-0.25, -0.2) is 9.69 Å². The summed E-state index contributed by atoms with van der Waals surface area (Å²) in [6, 6.07) is 12.1. The molecule has 0 saturated heterocycles. The fraction of sp³-hybridized carbons (Fsp3) is 0.118. The SMILES string of the molecule is CC(=O)Oc1cccc(NC(=O)N(C(C)=O)c2cccc(N)c2)c1. The number of rotatable bonds is 3. The molecule has 0 spiro atoms. The summed E-state index contributed by atoms with van der Waals surface area (Å²) in [5.41, 5.74) is 6.87. The Balaban J connectivity index is 2.23. The molecule has 2 aromatic rings. The Hall–Kier alpha value is -3.35. The first-order valence-electron chi connectivity index (χ1n) is 7.12. The van der Waals surface area contributed by atoms with Gasteiger partial charge >= 0.3 is 12.0 Å². The second-order valence-electron chi connectivity index (χ2n) is 5.00. The van der Waals surface area contributed by atoms with Crippen molar-refractivity contribution in [2.24, 2.45) is 0 Å². The van der Waals surface area contributed by atoms with Crippen LogP contribution in [0.5, 0.6) is 5.75 Å². The number of ether oxygens (including phenoxy) is 1. The predicted octanol–water partition coefficient (Wildman–Crippen LogP) is 2.78. The van der Waals surface area contributed by atoms with Crippen molar-refractivity contribution in [3.05, 3.63) is 48.5 Å². The molecule has 0 aromatic heterocycles. The summed E-state index contributed by atoms with van der Waals surface area (Å²) < 4.78 is 4.96. The molecule has 2 rings (SSSR count). The van der Waals surface area contributed by atoms with Gasteiger partial charge in [0.05, 0.1) is 5.69 Å². The van der Waals surface area contributed by atoms with Gasteiger partial charge in [0.15, 0.2) is 0 Å². The number of benzene rings is 2. The number of nitrogen functional groups attached to an aromatic ring is 1. The lowest BCUT2D eigenvalue weighted by atomic mass is 10.2. The molecule has 0 aliphatic heterocycles. The van der Waals surface area contributed by atoms with Crippen LogP contribution in [0.2, 0.25) is 0 Å². The van der Waals surface area contributed by atoms with Crippen molar-refractivity contribution in [2.45, 2.75) is 13.8 Å². The Morgan fingerprint density at radius 2 is 1.75 bits per heavy atom. The standard InChI is InChI=1S/C17H17N3O4/c1-11(21)20(15-7-3-5-13(18)9-15)17(23)19-14-6-4-8-16(10-14)24-12(2)22/h3-10H,18H2,1-2H3,(H,19,23). The maximum Gasteiger partial charge on any atom is 0.333 e. The third-order valence-electron chi connectivity index (χ3n) is 2.99. The smallest absolute Gasteiger partial charge is 0.333 e. The van der Waals surface area contributed by atoms with Crippen molar-refractivity contribution in [3.8, 4) is 5.75 Å². The lowest BCUT2D eigenvalue weighted by molar-refractivity contribution is -0.131. The number of nitrogens with two attached hydrogens (primary N) is 1. The number of carbonyl (C=O) groups is 3. The van der Waals surface area contributed by atoms with E-state index in [1.54, 1.807) is 36.4 Å². The minimum atomic E-state index is -0.645. The van der Waals surface area contributed by atoms with Crippen LogP contribution < -0.4 is 20.7 Å². The first kappa shape index (κ1) is 17.0. The summed E-state index contributed by atoms with van der Waals surface area (Å²) in [6.45, 7) is 2.56. The lowest BCUT2D eigenvalue weighted by Crippen LogP contribution is -2.38. The highest BCUT2D eigenvalue weighted by atomic mass is 16.5. The van der Waals surface area contributed by atoms with Gasteiger partial charge in [-0.15, -0.1) is 0 Å². The van der Waals surface area contributed by atoms with Crippen molar-refractivity contribution in [1.82, 2.24) is 0 Å². The van der Waals surface area contributed by atoms with Crippen molar-refractivity contribution in [2.75, 3.05) is 16.0 Å². The average Bonchev–Trinajstić information content (AvgIpc) is 2.46. The van der Waals surface area contributed by atoms with E-state index >= 15 is 0 Å². The van der Waals surface area contributed by atoms with Crippen LogP contribution >= 0.6 is 0 Å². The minimum absolute atomic E-state index is 0.290. The molecule has 3 amide bonds. The third kappa shape index (κ3) is 4.33. The molecule has 0 atom stereocenters. The lowest BCUT2D eigenvalue weighted by Gasteiger charge is -2.20. The molecule has 0 bridgehead atoms. The molecule has 7 nitrogen and oxygen atoms in total. The first-order chi connectivity index (χ1) is 11.4. The van der Waals surface area contributed by atoms with Crippen molar-refractivity contribution < 1.29 is 19.1 Å². The van der Waals surface area contributed by atoms with Crippen molar-refractivity contribution >= 4 is 35.0 Å². The maximum absolute atomic E-state index is 12.4. The highest BCUT2D eigenvalue weighted by molar-refractivity contribution is 6.18. The van der Waals surface area contributed by atoms with Crippen molar-refractivity contribution in [1.29, 1.82) is 0 Å². The van der Waals surface area contributed by atoms with E-state index in [1.165, 1.54) is 26.0 Å². The summed E-state index contributed by atoms with van der Waals surface area (Å²) in [5, 5.41) is 2.59. The van der Waals surface area contributed by atoms with Gasteiger partial charge in [-0.3, -0.25) is 9.59 Å². The number of carbonyl (C=O) groups excluding carboxylic acids is 3. The van der Waals surface area contributed by atoms with E-state index in [4.69, 9.17) is 10.5 Å². The number of hydrogen-bond acceptors (Lipinski definition) is 5. The fourth-order valence-corrected chi connectivity index (χ4v) is 2.09. The molecular weight excluding hydrogens is 310 g/mol. The molecule has 124 valence electrons. The number of esters is 1. The monoisotopic (exact) mass is 327 g/mol. The van der Waals surface area contributed by atoms with Gasteiger partial charge < -0.3 is 15.8 Å². The third-order valence-corrected chi connectivity index (χ3v) is 2.99. The molecule has 0 aliphatic rings. The first-order valence-corrected chi connectivity index (χ1v) is 7.12. The van der Waals surface area contributed by atoms with E-state index < -0.39 is 17.9 Å². The summed E-state index contributed by atoms with van der Waals surface area (Å²) in [6.07, 6.45) is 0. The number of nitrogens with one attached hydrogen (secondary N) is 1. The molecule has 0 saturated carbocycles. The van der Waals surface area contributed by atoms with Crippen molar-refractivity contribution in [3.63, 3.8) is 0 Å². The molecule has 0 aliphatic carbocycles. The Morgan fingerprint density at radius 1 is 1.04 bits per heavy atom. The van der Waals surface area contributed by atoms with Crippen LogP contribution in [0.25, 0.3) is 0 Å². The molecule has 0 fully saturated rings. The van der Waals surface area contributed by atoms with Gasteiger partial charge in [0.1, 0.15) is 5.75 Å². The van der Waals surface area contributed by atoms with E-state index in [1.807, 2.05) is 0 Å². The van der Waals surface area contributed by atoms with Gasteiger partial charge in [0.2, 0.25) is 5.91 Å². The number of imide groups is 1. The van der Waals surface area contributed by atoms with Crippen LogP contribution in [-0.4, -0.2) is 17.9 Å². The maximum atomic E-state index is 12.4. The molecule has 0 heterocycles. The van der Waals surface area contributed by atoms with Crippen LogP contribution in [-0.2, 0) is 9.59 Å². The molecular formula is C17H17N3O4. The van der Waals surface area contributed by atoms with Crippen LogP contribution in [0.3, 0.4) is 0 Å². The van der Waals surface area contributed by atoms with E-state index in [9.17, 15) is 14.4 Å². The Labute approximate surface area is 139 Å². The van der Waals surface area contributed by atoms with Crippen LogP contribution in [0.1, 0.15) is 13.8 Å². The van der Waals surface area contributed by atoms with Gasteiger partial charge in [0, 0.05) is 31.3 Å². The molecule has 24 heavy (non-hydrogen) atoms. The van der Waals surface area contributed by atoms with Gasteiger partial charge in [-0.2, -0.15) is 0 Å². The number of hydrogen-bond donors (Lipinski definition) is 2. The zero-order valence-corrected chi connectivity index (χ0v) is 13.3. The fourth-order valence-electron chi connectivity index (χ4n) is 2.09. The Morgan fingerprint density at radius 3 is 2.38 bits per heavy atom. The number of amides is 3. The van der Waals surface area contributed by atoms with E-state index in [2.05, 4.69) is 5.32 Å². The number of urea groups is 1. The number of nitrogens with zero attached hydrogens (tertiary/aromatic N) is 1. The Bertz CT molecular complexity index is 789. The summed E-state index contributed by atoms with van der Waals surface area (Å²) in [7, 11) is 0. The average molecular weight is 327 g/mol. The topological polar surface area (TPSA) is 102 Å². The number of anilines is 3. The second-order valence-corrected chi connectivity index (χ2v) is 5.00. The van der Waals surface area contributed by atoms with Gasteiger partial charge in [0.25, 0.3) is 0 Å². The highest BCUT2D eigenvalue weighted by Gasteiger charge is 2.20.